The predicted molar refractivity (Wildman–Crippen MR) is 141 cm³/mol. The van der Waals surface area contributed by atoms with Crippen LogP contribution >= 0.6 is 11.6 Å². The SMILES string of the molecule is Clc1cnc2nc1Nc1cccc(c1)OCCc1cc(cc(-c3cccnc3)c1)N2.O=C(C(=O)C(F)(F)F)C(F)(F)F. The monoisotopic (exact) mass is 609 g/mol. The Hall–Kier alpha value is -4.72. The number of hydrogen-bond donors (Lipinski definition) is 2. The van der Waals surface area contributed by atoms with Gasteiger partial charge in [0.2, 0.25) is 5.95 Å². The van der Waals surface area contributed by atoms with Crippen molar-refractivity contribution in [3.05, 3.63) is 83.8 Å². The number of nitrogens with one attached hydrogen (secondary N) is 2. The lowest BCUT2D eigenvalue weighted by molar-refractivity contribution is -0.193. The van der Waals surface area contributed by atoms with Gasteiger partial charge in [0.15, 0.2) is 5.82 Å². The molecule has 0 radical (unpaired) electrons. The molecule has 4 aromatic rings. The summed E-state index contributed by atoms with van der Waals surface area (Å²) in [5.74, 6) is -5.05. The first kappa shape index (κ1) is 30.2. The maximum atomic E-state index is 11.2. The van der Waals surface area contributed by atoms with Gasteiger partial charge in [-0.3, -0.25) is 14.6 Å². The van der Waals surface area contributed by atoms with Crippen molar-refractivity contribution >= 4 is 46.3 Å². The van der Waals surface area contributed by atoms with Gasteiger partial charge in [-0.15, -0.1) is 0 Å². The van der Waals surface area contributed by atoms with Crippen molar-refractivity contribution in [1.29, 1.82) is 0 Å². The number of ether oxygens (including phenoxy) is 1. The number of rotatable bonds is 2. The molecular weight excluding hydrogens is 592 g/mol. The molecule has 0 amide bonds. The van der Waals surface area contributed by atoms with Crippen molar-refractivity contribution in [2.45, 2.75) is 18.8 Å². The third-order valence-corrected chi connectivity index (χ3v) is 5.74. The van der Waals surface area contributed by atoms with Gasteiger partial charge in [0.1, 0.15) is 10.8 Å². The molecule has 218 valence electrons. The molecule has 0 spiro atoms. The van der Waals surface area contributed by atoms with Crippen LogP contribution in [0.15, 0.2) is 73.2 Å². The van der Waals surface area contributed by atoms with Crippen LogP contribution in [0.25, 0.3) is 11.1 Å². The molecule has 3 heterocycles. The first-order chi connectivity index (χ1) is 19.8. The number of halogens is 7. The summed E-state index contributed by atoms with van der Waals surface area (Å²) in [4.78, 5) is 32.4. The second-order valence-electron chi connectivity index (χ2n) is 8.58. The highest BCUT2D eigenvalue weighted by Crippen LogP contribution is 2.30. The van der Waals surface area contributed by atoms with Crippen LogP contribution in [0.1, 0.15) is 5.56 Å². The second-order valence-corrected chi connectivity index (χ2v) is 8.99. The second kappa shape index (κ2) is 12.4. The molecule has 0 aliphatic carbocycles. The quantitative estimate of drug-likeness (QED) is 0.188. The molecule has 6 bridgehead atoms. The van der Waals surface area contributed by atoms with Crippen LogP contribution in [0.4, 0.5) is 49.5 Å². The Kier molecular flexibility index (Phi) is 8.95. The first-order valence-corrected chi connectivity index (χ1v) is 12.2. The lowest BCUT2D eigenvalue weighted by Crippen LogP contribution is -2.39. The molecule has 0 saturated carbocycles. The van der Waals surface area contributed by atoms with Crippen molar-refractivity contribution in [3.63, 3.8) is 0 Å². The van der Waals surface area contributed by atoms with Gasteiger partial charge in [0.25, 0.3) is 0 Å². The summed E-state index contributed by atoms with van der Waals surface area (Å²) in [6.45, 7) is 0.557. The van der Waals surface area contributed by atoms with Crippen LogP contribution in [0, 0.1) is 0 Å². The number of aromatic nitrogens is 3. The molecule has 0 fully saturated rings. The molecule has 0 unspecified atom stereocenters. The standard InChI is InChI=1S/C23H18ClN5O.C4F6O2/c24-21-14-26-23-28-19-10-15(9-17(11-19)16-3-2-7-25-13-16)6-8-30-20-5-1-4-18(12-20)27-22(21)29-23;5-3(6,7)1(11)2(12)4(8,9)10/h1-5,7,9-14H,6,8H2,(H2,26,27,28,29);. The minimum Gasteiger partial charge on any atom is -0.493 e. The van der Waals surface area contributed by atoms with Crippen LogP contribution in [0.3, 0.4) is 0 Å². The van der Waals surface area contributed by atoms with Gasteiger partial charge < -0.3 is 15.4 Å². The molecule has 2 aromatic heterocycles. The van der Waals surface area contributed by atoms with E-state index in [9.17, 15) is 35.9 Å². The number of Topliss-reactive ketones (excluding diaryl/α,β-unsaturated/α-hetero) is 2. The van der Waals surface area contributed by atoms with Gasteiger partial charge in [-0.2, -0.15) is 31.3 Å². The smallest absolute Gasteiger partial charge is 0.458 e. The number of fused-ring (bicyclic) bond motifs is 6. The lowest BCUT2D eigenvalue weighted by Gasteiger charge is -2.15. The number of benzene rings is 2. The molecular formula is C27H18ClF6N5O3. The summed E-state index contributed by atoms with van der Waals surface area (Å²) in [7, 11) is 0. The molecule has 0 atom stereocenters. The summed E-state index contributed by atoms with van der Waals surface area (Å²) >= 11 is 6.31. The van der Waals surface area contributed by atoms with E-state index in [1.807, 2.05) is 42.6 Å². The third-order valence-electron chi connectivity index (χ3n) is 5.47. The molecule has 5 rings (SSSR count). The highest BCUT2D eigenvalue weighted by molar-refractivity contribution is 6.41. The molecule has 1 aliphatic rings. The van der Waals surface area contributed by atoms with Gasteiger partial charge in [-0.05, 0) is 41.5 Å². The average Bonchev–Trinajstić information content (AvgIpc) is 2.93. The maximum absolute atomic E-state index is 11.2. The predicted octanol–water partition coefficient (Wildman–Crippen LogP) is 6.86. The zero-order valence-corrected chi connectivity index (χ0v) is 21.8. The van der Waals surface area contributed by atoms with Gasteiger partial charge in [-0.1, -0.05) is 29.8 Å². The summed E-state index contributed by atoms with van der Waals surface area (Å²) in [5, 5.41) is 6.97. The molecule has 2 N–H and O–H groups in total. The van der Waals surface area contributed by atoms with E-state index in [-0.39, 0.29) is 0 Å². The zero-order valence-electron chi connectivity index (χ0n) is 21.1. The normalized spacial score (nSPS) is 12.7. The maximum Gasteiger partial charge on any atom is 0.458 e. The minimum absolute atomic E-state index is 0.434. The van der Waals surface area contributed by atoms with E-state index in [0.717, 1.165) is 40.2 Å². The molecule has 15 heteroatoms. The van der Waals surface area contributed by atoms with Crippen LogP contribution in [-0.2, 0) is 16.0 Å². The Morgan fingerprint density at radius 1 is 0.833 bits per heavy atom. The van der Waals surface area contributed by atoms with Crippen molar-refractivity contribution in [2.24, 2.45) is 0 Å². The fourth-order valence-electron chi connectivity index (χ4n) is 3.60. The van der Waals surface area contributed by atoms with E-state index in [2.05, 4.69) is 43.8 Å². The number of carbonyl (C=O) groups excluding carboxylic acids is 2. The van der Waals surface area contributed by atoms with E-state index in [1.165, 1.54) is 0 Å². The van der Waals surface area contributed by atoms with E-state index >= 15 is 0 Å². The highest BCUT2D eigenvalue weighted by atomic mass is 35.5. The third kappa shape index (κ3) is 7.94. The van der Waals surface area contributed by atoms with Gasteiger partial charge in [0, 0.05) is 41.8 Å². The fourth-order valence-corrected chi connectivity index (χ4v) is 3.74. The van der Waals surface area contributed by atoms with Crippen LogP contribution in [-0.4, -0.2) is 45.5 Å². The summed E-state index contributed by atoms with van der Waals surface area (Å²) < 4.78 is 72.9. The van der Waals surface area contributed by atoms with E-state index < -0.39 is 23.9 Å². The van der Waals surface area contributed by atoms with Crippen molar-refractivity contribution in [1.82, 2.24) is 15.0 Å². The number of carbonyl (C=O) groups is 2. The number of pyridine rings is 1. The molecule has 0 saturated heterocycles. The first-order valence-electron chi connectivity index (χ1n) is 11.9. The van der Waals surface area contributed by atoms with Crippen LogP contribution < -0.4 is 15.4 Å². The number of nitrogens with zero attached hydrogens (tertiary/aromatic N) is 3. The molecule has 1 aliphatic heterocycles. The molecule has 42 heavy (non-hydrogen) atoms. The number of alkyl halides is 6. The van der Waals surface area contributed by atoms with Crippen LogP contribution in [0.5, 0.6) is 5.75 Å². The topological polar surface area (TPSA) is 106 Å². The van der Waals surface area contributed by atoms with Crippen molar-refractivity contribution in [2.75, 3.05) is 17.2 Å². The van der Waals surface area contributed by atoms with E-state index in [4.69, 9.17) is 16.3 Å². The summed E-state index contributed by atoms with van der Waals surface area (Å²) in [5.41, 5.74) is 4.96. The average molecular weight is 610 g/mol. The minimum atomic E-state index is -5.77. The number of ketones is 2. The van der Waals surface area contributed by atoms with Gasteiger partial charge >= 0.3 is 23.9 Å². The Bertz CT molecular complexity index is 1580. The number of anilines is 4. The summed E-state index contributed by atoms with van der Waals surface area (Å²) in [6.07, 6.45) is -5.59. The van der Waals surface area contributed by atoms with Gasteiger partial charge in [0.05, 0.1) is 12.8 Å². The number of hydrogen-bond acceptors (Lipinski definition) is 8. The van der Waals surface area contributed by atoms with Crippen LogP contribution in [0.2, 0.25) is 5.02 Å². The summed E-state index contributed by atoms with van der Waals surface area (Å²) in [6, 6.07) is 18.0. The van der Waals surface area contributed by atoms with E-state index in [0.29, 0.717) is 23.4 Å². The highest BCUT2D eigenvalue weighted by Gasteiger charge is 2.54. The Labute approximate surface area is 238 Å². The van der Waals surface area contributed by atoms with Crippen molar-refractivity contribution in [3.8, 4) is 16.9 Å². The lowest BCUT2D eigenvalue weighted by atomic mass is 10.0. The Balaban J connectivity index is 0.000000288. The van der Waals surface area contributed by atoms with Gasteiger partial charge in [-0.25, -0.2) is 4.98 Å². The fraction of sp³-hybridized carbons (Fsp3) is 0.148. The largest absolute Gasteiger partial charge is 0.493 e. The molecule has 2 aromatic carbocycles. The molecule has 8 nitrogen and oxygen atoms in total. The Morgan fingerprint density at radius 3 is 2.24 bits per heavy atom. The zero-order chi connectivity index (χ0) is 30.5. The van der Waals surface area contributed by atoms with E-state index in [1.54, 1.807) is 12.4 Å². The van der Waals surface area contributed by atoms with Crippen molar-refractivity contribution < 1.29 is 40.7 Å². The Morgan fingerprint density at radius 2 is 1.57 bits per heavy atom.